The summed E-state index contributed by atoms with van der Waals surface area (Å²) >= 11 is 0. The number of rotatable bonds is 2. The van der Waals surface area contributed by atoms with Gasteiger partial charge in [-0.05, 0) is 19.4 Å². The van der Waals surface area contributed by atoms with Crippen molar-refractivity contribution >= 4 is 15.7 Å². The van der Waals surface area contributed by atoms with E-state index in [-0.39, 0.29) is 17.9 Å². The average Bonchev–Trinajstić information content (AvgIpc) is 2.56. The smallest absolute Gasteiger partial charge is 0.254 e. The highest BCUT2D eigenvalue weighted by Crippen LogP contribution is 2.23. The Labute approximate surface area is 109 Å². The summed E-state index contributed by atoms with van der Waals surface area (Å²) < 4.78 is 49.1. The molecule has 1 aromatic heterocycles. The van der Waals surface area contributed by atoms with Gasteiger partial charge in [0.15, 0.2) is 15.7 Å². The van der Waals surface area contributed by atoms with Crippen molar-refractivity contribution in [2.24, 2.45) is 0 Å². The normalized spacial score (nSPS) is 25.2. The fourth-order valence-corrected chi connectivity index (χ4v) is 4.14. The van der Waals surface area contributed by atoms with E-state index >= 15 is 0 Å². The molecule has 1 saturated heterocycles. The monoisotopic (exact) mass is 290 g/mol. The molecule has 5 nitrogen and oxygen atoms in total. The summed E-state index contributed by atoms with van der Waals surface area (Å²) in [5.41, 5.74) is -1.44. The number of pyridine rings is 1. The van der Waals surface area contributed by atoms with Crippen LogP contribution >= 0.6 is 0 Å². The summed E-state index contributed by atoms with van der Waals surface area (Å²) in [6.45, 7) is 1.56. The summed E-state index contributed by atoms with van der Waals surface area (Å²) in [6, 6.07) is 1.04. The maximum Gasteiger partial charge on any atom is 0.254 e. The van der Waals surface area contributed by atoms with Crippen molar-refractivity contribution in [3.05, 3.63) is 29.6 Å². The van der Waals surface area contributed by atoms with Crippen LogP contribution in [-0.2, 0) is 9.84 Å². The second kappa shape index (κ2) is 4.52. The number of halogens is 2. The Bertz CT molecular complexity index is 633. The van der Waals surface area contributed by atoms with E-state index in [9.17, 15) is 22.0 Å². The molecule has 1 aliphatic rings. The minimum Gasteiger partial charge on any atom is -0.346 e. The number of sulfone groups is 1. The Kier molecular flexibility index (Phi) is 3.29. The van der Waals surface area contributed by atoms with Crippen molar-refractivity contribution in [2.75, 3.05) is 11.5 Å². The lowest BCUT2D eigenvalue weighted by molar-refractivity contribution is 0.0909. The van der Waals surface area contributed by atoms with Crippen LogP contribution in [0.15, 0.2) is 12.3 Å². The molecule has 1 amide bonds. The summed E-state index contributed by atoms with van der Waals surface area (Å²) in [5, 5.41) is 2.44. The zero-order chi connectivity index (χ0) is 14.3. The standard InChI is InChI=1S/C11H12F2N2O3S/c1-11(3-5-19(17,18)6-11)15-10(16)7-2-4-14-9(13)8(7)12/h2,4H,3,5-6H2,1H3,(H,15,16). The SMILES string of the molecule is CC1(NC(=O)c2ccnc(F)c2F)CCS(=O)(=O)C1. The number of aromatic nitrogens is 1. The van der Waals surface area contributed by atoms with Gasteiger partial charge in [-0.1, -0.05) is 0 Å². The van der Waals surface area contributed by atoms with Crippen molar-refractivity contribution < 1.29 is 22.0 Å². The summed E-state index contributed by atoms with van der Waals surface area (Å²) in [7, 11) is -3.19. The van der Waals surface area contributed by atoms with E-state index in [0.29, 0.717) is 0 Å². The summed E-state index contributed by atoms with van der Waals surface area (Å²) in [6.07, 6.45) is 1.22. The molecule has 2 heterocycles. The van der Waals surface area contributed by atoms with Gasteiger partial charge in [-0.2, -0.15) is 4.39 Å². The lowest BCUT2D eigenvalue weighted by atomic mass is 10.0. The molecule has 0 bridgehead atoms. The second-order valence-corrected chi connectivity index (χ2v) is 7.00. The Morgan fingerprint density at radius 2 is 2.16 bits per heavy atom. The largest absolute Gasteiger partial charge is 0.346 e. The molecule has 8 heteroatoms. The molecule has 1 N–H and O–H groups in total. The number of hydrogen-bond acceptors (Lipinski definition) is 4. The van der Waals surface area contributed by atoms with Gasteiger partial charge in [-0.15, -0.1) is 0 Å². The van der Waals surface area contributed by atoms with Crippen molar-refractivity contribution in [3.63, 3.8) is 0 Å². The number of carbonyl (C=O) groups is 1. The first-order valence-corrected chi connectivity index (χ1v) is 7.38. The van der Waals surface area contributed by atoms with E-state index in [2.05, 4.69) is 10.3 Å². The van der Waals surface area contributed by atoms with Crippen LogP contribution in [0.4, 0.5) is 8.78 Å². The molecule has 1 aliphatic heterocycles. The van der Waals surface area contributed by atoms with Gasteiger partial charge in [-0.25, -0.2) is 17.8 Å². The van der Waals surface area contributed by atoms with Crippen LogP contribution in [0.3, 0.4) is 0 Å². The first-order valence-electron chi connectivity index (χ1n) is 5.55. The average molecular weight is 290 g/mol. The van der Waals surface area contributed by atoms with Gasteiger partial charge in [0.2, 0.25) is 5.95 Å². The quantitative estimate of drug-likeness (QED) is 0.812. The Morgan fingerprint density at radius 3 is 2.74 bits per heavy atom. The molecule has 0 spiro atoms. The molecule has 1 aromatic rings. The second-order valence-electron chi connectivity index (χ2n) is 4.82. The lowest BCUT2D eigenvalue weighted by Crippen LogP contribution is -2.47. The molecular formula is C11H12F2N2O3S. The molecule has 0 aliphatic carbocycles. The van der Waals surface area contributed by atoms with Crippen LogP contribution in [-0.4, -0.2) is 36.4 Å². The highest BCUT2D eigenvalue weighted by atomic mass is 32.2. The topological polar surface area (TPSA) is 76.1 Å². The van der Waals surface area contributed by atoms with Crippen LogP contribution in [0.25, 0.3) is 0 Å². The van der Waals surface area contributed by atoms with Crippen molar-refractivity contribution in [1.29, 1.82) is 0 Å². The minimum absolute atomic E-state index is 0.0308. The van der Waals surface area contributed by atoms with Crippen LogP contribution in [0.2, 0.25) is 0 Å². The zero-order valence-electron chi connectivity index (χ0n) is 10.1. The fourth-order valence-electron chi connectivity index (χ4n) is 2.04. The zero-order valence-corrected chi connectivity index (χ0v) is 10.9. The highest BCUT2D eigenvalue weighted by molar-refractivity contribution is 7.91. The molecular weight excluding hydrogens is 278 g/mol. The fraction of sp³-hybridized carbons (Fsp3) is 0.455. The molecule has 104 valence electrons. The van der Waals surface area contributed by atoms with Crippen LogP contribution in [0.1, 0.15) is 23.7 Å². The summed E-state index contributed by atoms with van der Waals surface area (Å²) in [5.74, 6) is -3.79. The maximum atomic E-state index is 13.4. The van der Waals surface area contributed by atoms with E-state index in [0.717, 1.165) is 12.3 Å². The van der Waals surface area contributed by atoms with Gasteiger partial charge >= 0.3 is 0 Å². The number of nitrogens with zero attached hydrogens (tertiary/aromatic N) is 1. The lowest BCUT2D eigenvalue weighted by Gasteiger charge is -2.23. The van der Waals surface area contributed by atoms with E-state index < -0.39 is 38.6 Å². The predicted octanol–water partition coefficient (Wildman–Crippen LogP) is 0.667. The van der Waals surface area contributed by atoms with Gasteiger partial charge in [0.1, 0.15) is 0 Å². The maximum absolute atomic E-state index is 13.4. The van der Waals surface area contributed by atoms with E-state index in [1.807, 2.05) is 0 Å². The number of amides is 1. The van der Waals surface area contributed by atoms with Crippen molar-refractivity contribution in [2.45, 2.75) is 18.9 Å². The van der Waals surface area contributed by atoms with Gasteiger partial charge in [0.25, 0.3) is 5.91 Å². The molecule has 1 atom stereocenters. The first-order chi connectivity index (χ1) is 8.72. The third-order valence-corrected chi connectivity index (χ3v) is 4.91. The highest BCUT2D eigenvalue weighted by Gasteiger charge is 2.40. The molecule has 0 aromatic carbocycles. The van der Waals surface area contributed by atoms with Crippen LogP contribution < -0.4 is 5.32 Å². The Morgan fingerprint density at radius 1 is 1.47 bits per heavy atom. The molecule has 0 saturated carbocycles. The molecule has 1 fully saturated rings. The van der Waals surface area contributed by atoms with E-state index in [1.165, 1.54) is 0 Å². The number of carbonyl (C=O) groups excluding carboxylic acids is 1. The van der Waals surface area contributed by atoms with Gasteiger partial charge in [-0.3, -0.25) is 4.79 Å². The van der Waals surface area contributed by atoms with Crippen molar-refractivity contribution in [3.8, 4) is 0 Å². The summed E-state index contributed by atoms with van der Waals surface area (Å²) in [4.78, 5) is 14.9. The number of nitrogens with one attached hydrogen (secondary N) is 1. The molecule has 19 heavy (non-hydrogen) atoms. The number of hydrogen-bond donors (Lipinski definition) is 1. The first kappa shape index (κ1) is 13.9. The van der Waals surface area contributed by atoms with Crippen molar-refractivity contribution in [1.82, 2.24) is 10.3 Å². The minimum atomic E-state index is -3.19. The van der Waals surface area contributed by atoms with Gasteiger partial charge in [0, 0.05) is 6.20 Å². The molecule has 0 radical (unpaired) electrons. The van der Waals surface area contributed by atoms with E-state index in [1.54, 1.807) is 6.92 Å². The molecule has 2 rings (SSSR count). The van der Waals surface area contributed by atoms with E-state index in [4.69, 9.17) is 0 Å². The molecule has 1 unspecified atom stereocenters. The predicted molar refractivity (Wildman–Crippen MR) is 63.3 cm³/mol. The third-order valence-electron chi connectivity index (χ3n) is 3.01. The van der Waals surface area contributed by atoms with Crippen LogP contribution in [0, 0.1) is 11.8 Å². The Hall–Kier alpha value is -1.57. The van der Waals surface area contributed by atoms with Gasteiger partial charge < -0.3 is 5.32 Å². The van der Waals surface area contributed by atoms with Gasteiger partial charge in [0.05, 0.1) is 22.6 Å². The third kappa shape index (κ3) is 2.89. The van der Waals surface area contributed by atoms with Crippen LogP contribution in [0.5, 0.6) is 0 Å². The Balaban J connectivity index is 2.21.